The van der Waals surface area contributed by atoms with E-state index in [1.807, 2.05) is 4.90 Å². The van der Waals surface area contributed by atoms with Crippen LogP contribution in [0.3, 0.4) is 0 Å². The average molecular weight is 247 g/mol. The average Bonchev–Trinajstić information content (AvgIpc) is 2.58. The SMILES string of the molecule is O=C1NC2=C(CCC=C2)CCN1C1CCNCC1. The van der Waals surface area contributed by atoms with E-state index in [0.717, 1.165) is 57.4 Å². The van der Waals surface area contributed by atoms with Gasteiger partial charge in [-0.1, -0.05) is 6.08 Å². The number of amides is 2. The number of hydrogen-bond acceptors (Lipinski definition) is 2. The number of carbonyl (C=O) groups excluding carboxylic acids is 1. The van der Waals surface area contributed by atoms with Gasteiger partial charge in [-0.3, -0.25) is 0 Å². The van der Waals surface area contributed by atoms with Gasteiger partial charge < -0.3 is 15.5 Å². The molecule has 2 amide bonds. The molecule has 4 nitrogen and oxygen atoms in total. The molecule has 4 heteroatoms. The molecule has 3 rings (SSSR count). The van der Waals surface area contributed by atoms with Crippen molar-refractivity contribution < 1.29 is 4.79 Å². The largest absolute Gasteiger partial charge is 0.322 e. The van der Waals surface area contributed by atoms with E-state index in [-0.39, 0.29) is 6.03 Å². The van der Waals surface area contributed by atoms with Crippen LogP contribution in [0.1, 0.15) is 32.1 Å². The summed E-state index contributed by atoms with van der Waals surface area (Å²) in [6.07, 6.45) is 9.63. The summed E-state index contributed by atoms with van der Waals surface area (Å²) in [5, 5.41) is 6.44. The minimum absolute atomic E-state index is 0.0958. The molecule has 2 heterocycles. The highest BCUT2D eigenvalue weighted by molar-refractivity contribution is 5.78. The van der Waals surface area contributed by atoms with Gasteiger partial charge in [0.15, 0.2) is 0 Å². The second kappa shape index (κ2) is 5.14. The lowest BCUT2D eigenvalue weighted by Gasteiger charge is -2.33. The van der Waals surface area contributed by atoms with Gasteiger partial charge in [0, 0.05) is 18.3 Å². The molecule has 1 saturated heterocycles. The Labute approximate surface area is 108 Å². The van der Waals surface area contributed by atoms with Crippen LogP contribution >= 0.6 is 0 Å². The van der Waals surface area contributed by atoms with Crippen molar-refractivity contribution in [1.29, 1.82) is 0 Å². The van der Waals surface area contributed by atoms with Crippen LogP contribution in [0.25, 0.3) is 0 Å². The van der Waals surface area contributed by atoms with Crippen LogP contribution in [0.4, 0.5) is 4.79 Å². The molecule has 2 aliphatic heterocycles. The summed E-state index contributed by atoms with van der Waals surface area (Å²) in [6, 6.07) is 0.509. The Bertz CT molecular complexity index is 394. The van der Waals surface area contributed by atoms with Crippen LogP contribution in [-0.2, 0) is 0 Å². The van der Waals surface area contributed by atoms with Crippen molar-refractivity contribution in [2.75, 3.05) is 19.6 Å². The van der Waals surface area contributed by atoms with E-state index in [4.69, 9.17) is 0 Å². The Kier molecular flexibility index (Phi) is 3.37. The van der Waals surface area contributed by atoms with Gasteiger partial charge in [0.25, 0.3) is 0 Å². The van der Waals surface area contributed by atoms with Gasteiger partial charge in [0.05, 0.1) is 0 Å². The number of carbonyl (C=O) groups is 1. The van der Waals surface area contributed by atoms with Crippen LogP contribution in [0.2, 0.25) is 0 Å². The molecule has 0 aromatic rings. The standard InChI is InChI=1S/C14H21N3O/c18-14-16-13-4-2-1-3-11(13)7-10-17(14)12-5-8-15-9-6-12/h2,4,12,15H,1,3,5-10H2,(H,16,18). The molecular formula is C14H21N3O. The Morgan fingerprint density at radius 3 is 2.89 bits per heavy atom. The molecular weight excluding hydrogens is 226 g/mol. The lowest BCUT2D eigenvalue weighted by Crippen LogP contribution is -2.49. The summed E-state index contributed by atoms with van der Waals surface area (Å²) in [6.45, 7) is 2.94. The summed E-state index contributed by atoms with van der Waals surface area (Å²) >= 11 is 0. The zero-order valence-electron chi connectivity index (χ0n) is 10.7. The second-order valence-corrected chi connectivity index (χ2v) is 5.31. The highest BCUT2D eigenvalue weighted by Gasteiger charge is 2.28. The quantitative estimate of drug-likeness (QED) is 0.741. The molecule has 1 fully saturated rings. The summed E-state index contributed by atoms with van der Waals surface area (Å²) in [7, 11) is 0. The van der Waals surface area contributed by atoms with Gasteiger partial charge >= 0.3 is 6.03 Å². The predicted octanol–water partition coefficient (Wildman–Crippen LogP) is 1.76. The first kappa shape index (κ1) is 11.8. The van der Waals surface area contributed by atoms with Crippen LogP contribution < -0.4 is 10.6 Å². The Morgan fingerprint density at radius 2 is 2.06 bits per heavy atom. The molecule has 2 N–H and O–H groups in total. The predicted molar refractivity (Wildman–Crippen MR) is 71.1 cm³/mol. The number of hydrogen-bond donors (Lipinski definition) is 2. The zero-order chi connectivity index (χ0) is 12.4. The number of allylic oxidation sites excluding steroid dienone is 2. The Balaban J connectivity index is 1.72. The molecule has 0 atom stereocenters. The van der Waals surface area contributed by atoms with E-state index in [1.54, 1.807) is 0 Å². The molecule has 0 saturated carbocycles. The van der Waals surface area contributed by atoms with E-state index in [2.05, 4.69) is 22.8 Å². The maximum atomic E-state index is 12.3. The fourth-order valence-corrected chi connectivity index (χ4v) is 3.11. The maximum Gasteiger partial charge on any atom is 0.322 e. The van der Waals surface area contributed by atoms with Crippen molar-refractivity contribution in [2.24, 2.45) is 0 Å². The second-order valence-electron chi connectivity index (χ2n) is 5.31. The summed E-state index contributed by atoms with van der Waals surface area (Å²) in [5.41, 5.74) is 2.48. The summed E-state index contributed by atoms with van der Waals surface area (Å²) in [5.74, 6) is 0. The first-order chi connectivity index (χ1) is 8.84. The minimum Gasteiger partial charge on any atom is -0.321 e. The van der Waals surface area contributed by atoms with E-state index >= 15 is 0 Å². The highest BCUT2D eigenvalue weighted by Crippen LogP contribution is 2.25. The van der Waals surface area contributed by atoms with Crippen molar-refractivity contribution >= 4 is 6.03 Å². The smallest absolute Gasteiger partial charge is 0.321 e. The number of rotatable bonds is 1. The normalized spacial score (nSPS) is 25.8. The van der Waals surface area contributed by atoms with Gasteiger partial charge in [-0.15, -0.1) is 0 Å². The van der Waals surface area contributed by atoms with Gasteiger partial charge in [-0.25, -0.2) is 4.79 Å². The molecule has 0 unspecified atom stereocenters. The molecule has 3 aliphatic rings. The molecule has 0 bridgehead atoms. The minimum atomic E-state index is 0.0958. The molecule has 0 aromatic carbocycles. The van der Waals surface area contributed by atoms with Crippen molar-refractivity contribution in [3.8, 4) is 0 Å². The third kappa shape index (κ3) is 2.29. The third-order valence-electron chi connectivity index (χ3n) is 4.18. The third-order valence-corrected chi connectivity index (χ3v) is 4.18. The van der Waals surface area contributed by atoms with Crippen molar-refractivity contribution in [1.82, 2.24) is 15.5 Å². The molecule has 0 spiro atoms. The van der Waals surface area contributed by atoms with Gasteiger partial charge in [-0.2, -0.15) is 0 Å². The fraction of sp³-hybridized carbons (Fsp3) is 0.643. The monoisotopic (exact) mass is 247 g/mol. The van der Waals surface area contributed by atoms with Gasteiger partial charge in [-0.05, 0) is 56.8 Å². The van der Waals surface area contributed by atoms with Crippen molar-refractivity contribution in [3.05, 3.63) is 23.4 Å². The number of nitrogens with zero attached hydrogens (tertiary/aromatic N) is 1. The summed E-state index contributed by atoms with van der Waals surface area (Å²) in [4.78, 5) is 14.3. The lowest BCUT2D eigenvalue weighted by molar-refractivity contribution is 0.164. The molecule has 0 radical (unpaired) electrons. The van der Waals surface area contributed by atoms with E-state index < -0.39 is 0 Å². The molecule has 0 aromatic heterocycles. The number of piperidine rings is 1. The topological polar surface area (TPSA) is 44.4 Å². The first-order valence-corrected chi connectivity index (χ1v) is 7.01. The summed E-state index contributed by atoms with van der Waals surface area (Å²) < 4.78 is 0. The molecule has 1 aliphatic carbocycles. The Hall–Kier alpha value is -1.29. The van der Waals surface area contributed by atoms with Crippen molar-refractivity contribution in [3.63, 3.8) is 0 Å². The fourth-order valence-electron chi connectivity index (χ4n) is 3.11. The molecule has 98 valence electrons. The Morgan fingerprint density at radius 1 is 1.22 bits per heavy atom. The lowest BCUT2D eigenvalue weighted by atomic mass is 9.99. The highest BCUT2D eigenvalue weighted by atomic mass is 16.2. The maximum absolute atomic E-state index is 12.3. The number of nitrogens with one attached hydrogen (secondary N) is 2. The van der Waals surface area contributed by atoms with E-state index in [0.29, 0.717) is 6.04 Å². The van der Waals surface area contributed by atoms with Crippen LogP contribution in [0.15, 0.2) is 23.4 Å². The van der Waals surface area contributed by atoms with Crippen LogP contribution in [0, 0.1) is 0 Å². The van der Waals surface area contributed by atoms with Crippen LogP contribution in [0.5, 0.6) is 0 Å². The molecule has 18 heavy (non-hydrogen) atoms. The van der Waals surface area contributed by atoms with Crippen molar-refractivity contribution in [2.45, 2.75) is 38.1 Å². The first-order valence-electron chi connectivity index (χ1n) is 7.01. The van der Waals surface area contributed by atoms with Crippen LogP contribution in [-0.4, -0.2) is 36.6 Å². The van der Waals surface area contributed by atoms with Gasteiger partial charge in [0.1, 0.15) is 0 Å². The zero-order valence-corrected chi connectivity index (χ0v) is 10.7. The van der Waals surface area contributed by atoms with Gasteiger partial charge in [0.2, 0.25) is 0 Å². The van der Waals surface area contributed by atoms with E-state index in [9.17, 15) is 4.79 Å². The van der Waals surface area contributed by atoms with E-state index in [1.165, 1.54) is 5.57 Å². The number of urea groups is 1.